The van der Waals surface area contributed by atoms with Gasteiger partial charge in [-0.3, -0.25) is 0 Å². The van der Waals surface area contributed by atoms with Crippen molar-refractivity contribution < 1.29 is 0 Å². The Labute approximate surface area is 36.6 Å². The van der Waals surface area contributed by atoms with Gasteiger partial charge in [0.2, 0.25) is 5.99 Å². The first-order valence-electron chi connectivity index (χ1n) is 1.72. The Morgan fingerprint density at radius 2 is 2.20 bits per heavy atom. The Bertz CT molecular complexity index is 59.9. The van der Waals surface area contributed by atoms with Crippen LogP contribution >= 0.6 is 11.6 Å². The molecule has 1 rings (SSSR count). The van der Waals surface area contributed by atoms with E-state index >= 15 is 0 Å². The van der Waals surface area contributed by atoms with Crippen LogP contribution < -0.4 is 0 Å². The summed E-state index contributed by atoms with van der Waals surface area (Å²) in [5.41, 5.74) is 0. The second kappa shape index (κ2) is 1.09. The summed E-state index contributed by atoms with van der Waals surface area (Å²) in [5.74, 6) is 2.99. The third kappa shape index (κ3) is 0.509. The summed E-state index contributed by atoms with van der Waals surface area (Å²) in [6, 6.07) is 0. The van der Waals surface area contributed by atoms with Crippen molar-refractivity contribution in [3.63, 3.8) is 0 Å². The standard InChI is InChI=1S/C3H5BS/c1-4-2-3-5-4/h2-3H,1H3. The zero-order valence-corrected chi connectivity index (χ0v) is 3.96. The fraction of sp³-hybridized carbons (Fsp3) is 0.333. The first kappa shape index (κ1) is 3.35. The Morgan fingerprint density at radius 3 is 2.20 bits per heavy atom. The molecule has 0 bridgehead atoms. The normalized spacial score (nSPS) is 19.0. The first-order valence-corrected chi connectivity index (χ1v) is 2.66. The van der Waals surface area contributed by atoms with E-state index < -0.39 is 0 Å². The lowest BCUT2D eigenvalue weighted by atomic mass is 9.80. The lowest BCUT2D eigenvalue weighted by molar-refractivity contribution is 2.18. The van der Waals surface area contributed by atoms with Gasteiger partial charge in [0.15, 0.2) is 0 Å². The molecule has 1 aliphatic rings. The molecule has 0 saturated carbocycles. The van der Waals surface area contributed by atoms with Crippen molar-refractivity contribution in [3.8, 4) is 0 Å². The molecule has 26 valence electrons. The predicted molar refractivity (Wildman–Crippen MR) is 28.3 cm³/mol. The van der Waals surface area contributed by atoms with Gasteiger partial charge in [-0.05, 0) is 0 Å². The van der Waals surface area contributed by atoms with Crippen molar-refractivity contribution in [2.75, 3.05) is 0 Å². The molecule has 2 heteroatoms. The lowest BCUT2D eigenvalue weighted by Crippen LogP contribution is -2.00. The number of hydrogen-bond donors (Lipinski definition) is 0. The fourth-order valence-electron chi connectivity index (χ4n) is 0.236. The van der Waals surface area contributed by atoms with Crippen LogP contribution in [0.5, 0.6) is 0 Å². The van der Waals surface area contributed by atoms with E-state index in [1.54, 1.807) is 0 Å². The van der Waals surface area contributed by atoms with Gasteiger partial charge in [-0.2, -0.15) is 11.6 Å². The van der Waals surface area contributed by atoms with Gasteiger partial charge in [0.1, 0.15) is 0 Å². The summed E-state index contributed by atoms with van der Waals surface area (Å²) in [4.78, 5) is 0. The average Bonchev–Trinajstić information content (AvgIpc) is 1.30. The Hall–Kier alpha value is 0.155. The van der Waals surface area contributed by atoms with Crippen LogP contribution in [0.2, 0.25) is 6.82 Å². The first-order chi connectivity index (χ1) is 2.39. The smallest absolute Gasteiger partial charge is 0.179 e. The fourth-order valence-corrected chi connectivity index (χ4v) is 0.707. The van der Waals surface area contributed by atoms with E-state index in [9.17, 15) is 0 Å². The van der Waals surface area contributed by atoms with Crippen LogP contribution in [0.4, 0.5) is 0 Å². The Balaban J connectivity index is 2.39. The summed E-state index contributed by atoms with van der Waals surface area (Å²) >= 11 is 1.88. The van der Waals surface area contributed by atoms with E-state index in [0.29, 0.717) is 0 Å². The maximum Gasteiger partial charge on any atom is 0.237 e. The third-order valence-corrected chi connectivity index (χ3v) is 1.54. The van der Waals surface area contributed by atoms with E-state index in [1.165, 1.54) is 0 Å². The zero-order chi connectivity index (χ0) is 3.70. The average molecular weight is 84.0 g/mol. The van der Waals surface area contributed by atoms with Crippen LogP contribution in [0, 0.1) is 0 Å². The molecule has 0 fully saturated rings. The van der Waals surface area contributed by atoms with Crippen molar-refractivity contribution in [1.82, 2.24) is 0 Å². The van der Waals surface area contributed by atoms with E-state index in [0.717, 1.165) is 5.99 Å². The molecule has 0 aliphatic carbocycles. The van der Waals surface area contributed by atoms with Crippen LogP contribution in [-0.2, 0) is 0 Å². The molecule has 0 aromatic heterocycles. The molecule has 0 unspecified atom stereocenters. The van der Waals surface area contributed by atoms with Crippen molar-refractivity contribution in [2.24, 2.45) is 0 Å². The Morgan fingerprint density at radius 1 is 1.80 bits per heavy atom. The highest BCUT2D eigenvalue weighted by molar-refractivity contribution is 8.30. The number of rotatable bonds is 0. The molecular formula is C3H5BS. The third-order valence-electron chi connectivity index (χ3n) is 0.643. The van der Waals surface area contributed by atoms with Crippen LogP contribution in [0.1, 0.15) is 0 Å². The van der Waals surface area contributed by atoms with Gasteiger partial charge in [-0.1, -0.05) is 18.2 Å². The minimum Gasteiger partial charge on any atom is -0.179 e. The van der Waals surface area contributed by atoms with Gasteiger partial charge in [-0.15, -0.1) is 0 Å². The quantitative estimate of drug-likeness (QED) is 0.400. The highest BCUT2D eigenvalue weighted by Gasteiger charge is 2.05. The number of hydrogen-bond acceptors (Lipinski definition) is 1. The van der Waals surface area contributed by atoms with Crippen LogP contribution in [0.15, 0.2) is 11.4 Å². The summed E-state index contributed by atoms with van der Waals surface area (Å²) in [6.07, 6.45) is 0. The molecule has 0 aromatic carbocycles. The van der Waals surface area contributed by atoms with Gasteiger partial charge >= 0.3 is 0 Å². The van der Waals surface area contributed by atoms with Crippen LogP contribution in [0.3, 0.4) is 0 Å². The van der Waals surface area contributed by atoms with Crippen LogP contribution in [0.25, 0.3) is 0 Å². The second-order valence-electron chi connectivity index (χ2n) is 1.17. The van der Waals surface area contributed by atoms with Crippen molar-refractivity contribution in [3.05, 3.63) is 11.4 Å². The molecule has 0 spiro atoms. The van der Waals surface area contributed by atoms with Crippen LogP contribution in [-0.4, -0.2) is 5.99 Å². The minimum absolute atomic E-state index is 0.801. The van der Waals surface area contributed by atoms with E-state index in [4.69, 9.17) is 0 Å². The molecule has 0 aromatic rings. The van der Waals surface area contributed by atoms with Crippen molar-refractivity contribution in [2.45, 2.75) is 6.82 Å². The molecule has 0 amide bonds. The molecule has 0 N–H and O–H groups in total. The van der Waals surface area contributed by atoms with E-state index in [-0.39, 0.29) is 0 Å². The van der Waals surface area contributed by atoms with Gasteiger partial charge in [-0.25, -0.2) is 0 Å². The van der Waals surface area contributed by atoms with E-state index in [2.05, 4.69) is 18.2 Å². The second-order valence-corrected chi connectivity index (χ2v) is 2.46. The molecule has 0 saturated heterocycles. The highest BCUT2D eigenvalue weighted by atomic mass is 32.2. The molecule has 0 radical (unpaired) electrons. The predicted octanol–water partition coefficient (Wildman–Crippen LogP) is 1.41. The summed E-state index contributed by atoms with van der Waals surface area (Å²) in [6.45, 7) is 2.19. The molecule has 0 nitrogen and oxygen atoms in total. The van der Waals surface area contributed by atoms with Gasteiger partial charge < -0.3 is 0 Å². The van der Waals surface area contributed by atoms with E-state index in [1.807, 2.05) is 11.6 Å². The van der Waals surface area contributed by atoms with Gasteiger partial charge in [0, 0.05) is 0 Å². The minimum atomic E-state index is 0.801. The molecule has 5 heavy (non-hydrogen) atoms. The molecule has 1 heterocycles. The van der Waals surface area contributed by atoms with Crippen molar-refractivity contribution in [1.29, 1.82) is 0 Å². The highest BCUT2D eigenvalue weighted by Crippen LogP contribution is 2.18. The molecule has 1 aliphatic heterocycles. The Kier molecular flexibility index (Phi) is 0.731. The summed E-state index contributed by atoms with van der Waals surface area (Å²) in [7, 11) is 0. The van der Waals surface area contributed by atoms with Crippen molar-refractivity contribution >= 4 is 17.6 Å². The summed E-state index contributed by atoms with van der Waals surface area (Å²) < 4.78 is 0. The summed E-state index contributed by atoms with van der Waals surface area (Å²) in [5, 5.41) is 2.12. The molecular weight excluding hydrogens is 78.9 g/mol. The maximum atomic E-state index is 2.19. The monoisotopic (exact) mass is 84.0 g/mol. The van der Waals surface area contributed by atoms with Gasteiger partial charge in [0.05, 0.1) is 0 Å². The largest absolute Gasteiger partial charge is 0.237 e. The maximum absolute atomic E-state index is 2.19. The zero-order valence-electron chi connectivity index (χ0n) is 3.14. The van der Waals surface area contributed by atoms with Gasteiger partial charge in [0.25, 0.3) is 0 Å². The molecule has 0 atom stereocenters. The lowest BCUT2D eigenvalue weighted by Gasteiger charge is -2.03. The topological polar surface area (TPSA) is 0 Å². The SMILES string of the molecule is CB1C=CS1.